The van der Waals surface area contributed by atoms with Gasteiger partial charge in [0, 0.05) is 24.7 Å². The van der Waals surface area contributed by atoms with Crippen LogP contribution in [-0.4, -0.2) is 43.3 Å². The van der Waals surface area contributed by atoms with E-state index in [9.17, 15) is 0 Å². The van der Waals surface area contributed by atoms with E-state index in [4.69, 9.17) is 10.5 Å². The fraction of sp³-hybridized carbons (Fsp3) is 1.00. The van der Waals surface area contributed by atoms with E-state index in [-0.39, 0.29) is 5.54 Å². The smallest absolute Gasteiger partial charge is 0.0622 e. The van der Waals surface area contributed by atoms with Crippen LogP contribution in [0, 0.1) is 5.92 Å². The molecule has 0 aromatic carbocycles. The number of hydrogen-bond donors (Lipinski definition) is 1. The van der Waals surface area contributed by atoms with Crippen LogP contribution in [0.5, 0.6) is 0 Å². The lowest BCUT2D eigenvalue weighted by molar-refractivity contribution is 0.0226. The Morgan fingerprint density at radius 1 is 1.44 bits per heavy atom. The van der Waals surface area contributed by atoms with Crippen molar-refractivity contribution in [2.24, 2.45) is 11.7 Å². The maximum absolute atomic E-state index is 6.09. The van der Waals surface area contributed by atoms with Crippen molar-refractivity contribution < 1.29 is 4.74 Å². The lowest BCUT2D eigenvalue weighted by Gasteiger charge is -2.48. The number of rotatable bonds is 3. The van der Waals surface area contributed by atoms with E-state index in [2.05, 4.69) is 18.9 Å². The second-order valence-corrected chi connectivity index (χ2v) is 5.76. The molecule has 2 fully saturated rings. The summed E-state index contributed by atoms with van der Waals surface area (Å²) in [6.45, 7) is 4.98. The minimum Gasteiger partial charge on any atom is -0.380 e. The van der Waals surface area contributed by atoms with Gasteiger partial charge in [-0.25, -0.2) is 0 Å². The van der Waals surface area contributed by atoms with Gasteiger partial charge in [-0.3, -0.25) is 4.90 Å². The molecule has 3 nitrogen and oxygen atoms in total. The summed E-state index contributed by atoms with van der Waals surface area (Å²) in [6.07, 6.45) is 6.40. The summed E-state index contributed by atoms with van der Waals surface area (Å²) in [4.78, 5) is 2.54. The van der Waals surface area contributed by atoms with Gasteiger partial charge in [0.15, 0.2) is 0 Å². The highest BCUT2D eigenvalue weighted by Crippen LogP contribution is 2.37. The van der Waals surface area contributed by atoms with Crippen LogP contribution < -0.4 is 5.73 Å². The molecule has 0 aromatic rings. The summed E-state index contributed by atoms with van der Waals surface area (Å²) in [5.74, 6) is 0.821. The quantitative estimate of drug-likeness (QED) is 0.794. The van der Waals surface area contributed by atoms with E-state index in [1.807, 2.05) is 0 Å². The number of nitrogens with two attached hydrogens (primary N) is 1. The Morgan fingerprint density at radius 3 is 2.81 bits per heavy atom. The Kier molecular flexibility index (Phi) is 3.88. The highest BCUT2D eigenvalue weighted by molar-refractivity contribution is 4.97. The Labute approximate surface area is 99.3 Å². The molecule has 2 rings (SSSR count). The molecule has 16 heavy (non-hydrogen) atoms. The van der Waals surface area contributed by atoms with Crippen LogP contribution in [0.1, 0.15) is 39.0 Å². The lowest BCUT2D eigenvalue weighted by Crippen LogP contribution is -2.58. The molecule has 0 radical (unpaired) electrons. The predicted octanol–water partition coefficient (Wildman–Crippen LogP) is 1.61. The van der Waals surface area contributed by atoms with Gasteiger partial charge in [0.25, 0.3) is 0 Å². The van der Waals surface area contributed by atoms with Gasteiger partial charge in [-0.2, -0.15) is 0 Å². The van der Waals surface area contributed by atoms with Gasteiger partial charge in [-0.15, -0.1) is 0 Å². The van der Waals surface area contributed by atoms with Crippen LogP contribution in [0.3, 0.4) is 0 Å². The molecule has 3 atom stereocenters. The van der Waals surface area contributed by atoms with Crippen LogP contribution in [0.15, 0.2) is 0 Å². The maximum atomic E-state index is 6.09. The van der Waals surface area contributed by atoms with Gasteiger partial charge < -0.3 is 10.5 Å². The second kappa shape index (κ2) is 5.03. The van der Waals surface area contributed by atoms with Gasteiger partial charge >= 0.3 is 0 Å². The first kappa shape index (κ1) is 12.3. The molecule has 2 N–H and O–H groups in total. The number of likely N-dealkylation sites (N-methyl/N-ethyl adjacent to an activating group) is 1. The van der Waals surface area contributed by atoms with Gasteiger partial charge in [-0.1, -0.05) is 19.8 Å². The van der Waals surface area contributed by atoms with Crippen molar-refractivity contribution in [1.82, 2.24) is 4.90 Å². The Morgan fingerprint density at radius 2 is 2.25 bits per heavy atom. The highest BCUT2D eigenvalue weighted by atomic mass is 16.5. The summed E-state index contributed by atoms with van der Waals surface area (Å²) in [5, 5.41) is 0. The molecule has 0 amide bonds. The van der Waals surface area contributed by atoms with Gasteiger partial charge in [0.05, 0.1) is 6.61 Å². The zero-order chi connectivity index (χ0) is 11.6. The Bertz CT molecular complexity index is 228. The molecule has 94 valence electrons. The third-order valence-corrected chi connectivity index (χ3v) is 4.65. The first-order valence-corrected chi connectivity index (χ1v) is 6.69. The van der Waals surface area contributed by atoms with Gasteiger partial charge in [0.2, 0.25) is 0 Å². The monoisotopic (exact) mass is 226 g/mol. The maximum Gasteiger partial charge on any atom is 0.0622 e. The third kappa shape index (κ3) is 2.27. The molecule has 1 heterocycles. The predicted molar refractivity (Wildman–Crippen MR) is 66.4 cm³/mol. The lowest BCUT2D eigenvalue weighted by atomic mass is 9.75. The number of nitrogens with zero attached hydrogens (tertiary/aromatic N) is 1. The van der Waals surface area contributed by atoms with Crippen molar-refractivity contribution in [1.29, 1.82) is 0 Å². The average Bonchev–Trinajstić information content (AvgIpc) is 2.81. The normalized spacial score (nSPS) is 40.5. The average molecular weight is 226 g/mol. The summed E-state index contributed by atoms with van der Waals surface area (Å²) < 4.78 is 5.50. The van der Waals surface area contributed by atoms with Crippen molar-refractivity contribution in [2.45, 2.75) is 50.6 Å². The molecule has 1 aliphatic heterocycles. The minimum atomic E-state index is 0.246. The van der Waals surface area contributed by atoms with Crippen LogP contribution in [0.4, 0.5) is 0 Å². The molecule has 2 aliphatic rings. The standard InChI is InChI=1S/C13H26N2O/c1-11-4-3-6-13(8-11,10-14)15(2)12-5-7-16-9-12/h11-12H,3-10,14H2,1-2H3. The molecule has 3 heteroatoms. The Hall–Kier alpha value is -0.120. The summed E-state index contributed by atoms with van der Waals surface area (Å²) >= 11 is 0. The first-order valence-electron chi connectivity index (χ1n) is 6.69. The van der Waals surface area contributed by atoms with Crippen molar-refractivity contribution in [3.05, 3.63) is 0 Å². The molecule has 3 unspecified atom stereocenters. The SMILES string of the molecule is CC1CCCC(CN)(N(C)C2CCOC2)C1. The van der Waals surface area contributed by atoms with Crippen LogP contribution in [0.2, 0.25) is 0 Å². The summed E-state index contributed by atoms with van der Waals surface area (Å²) in [5.41, 5.74) is 6.33. The highest BCUT2D eigenvalue weighted by Gasteiger charge is 2.40. The van der Waals surface area contributed by atoms with E-state index in [0.717, 1.165) is 25.7 Å². The molecule has 0 aromatic heterocycles. The summed E-state index contributed by atoms with van der Waals surface area (Å²) in [6, 6.07) is 0.592. The van der Waals surface area contributed by atoms with Crippen molar-refractivity contribution in [3.63, 3.8) is 0 Å². The minimum absolute atomic E-state index is 0.246. The molecule has 0 spiro atoms. The van der Waals surface area contributed by atoms with Crippen molar-refractivity contribution >= 4 is 0 Å². The zero-order valence-electron chi connectivity index (χ0n) is 10.7. The van der Waals surface area contributed by atoms with E-state index in [1.54, 1.807) is 0 Å². The first-order chi connectivity index (χ1) is 7.68. The van der Waals surface area contributed by atoms with E-state index < -0.39 is 0 Å². The van der Waals surface area contributed by atoms with Gasteiger partial charge in [0.1, 0.15) is 0 Å². The van der Waals surface area contributed by atoms with Crippen LogP contribution in [-0.2, 0) is 4.74 Å². The molecular weight excluding hydrogens is 200 g/mol. The van der Waals surface area contributed by atoms with Crippen LogP contribution in [0.25, 0.3) is 0 Å². The summed E-state index contributed by atoms with van der Waals surface area (Å²) in [7, 11) is 2.25. The molecule has 1 saturated heterocycles. The largest absolute Gasteiger partial charge is 0.380 e. The second-order valence-electron chi connectivity index (χ2n) is 5.76. The number of hydrogen-bond acceptors (Lipinski definition) is 3. The third-order valence-electron chi connectivity index (χ3n) is 4.65. The zero-order valence-corrected chi connectivity index (χ0v) is 10.7. The van der Waals surface area contributed by atoms with Gasteiger partial charge in [-0.05, 0) is 32.2 Å². The number of ether oxygens (including phenoxy) is 1. The van der Waals surface area contributed by atoms with Crippen LogP contribution >= 0.6 is 0 Å². The van der Waals surface area contributed by atoms with E-state index in [1.165, 1.54) is 32.1 Å². The fourth-order valence-corrected chi connectivity index (χ4v) is 3.50. The fourth-order valence-electron chi connectivity index (χ4n) is 3.50. The Balaban J connectivity index is 2.06. The molecule has 1 aliphatic carbocycles. The van der Waals surface area contributed by atoms with Crippen molar-refractivity contribution in [2.75, 3.05) is 26.8 Å². The molecule has 0 bridgehead atoms. The van der Waals surface area contributed by atoms with Crippen molar-refractivity contribution in [3.8, 4) is 0 Å². The molecule has 1 saturated carbocycles. The van der Waals surface area contributed by atoms with E-state index in [0.29, 0.717) is 6.04 Å². The van der Waals surface area contributed by atoms with E-state index >= 15 is 0 Å². The topological polar surface area (TPSA) is 38.5 Å². The molecular formula is C13H26N2O.